The molecule has 1 N–H and O–H groups in total. The maximum atomic E-state index is 14.0. The third-order valence-electron chi connectivity index (χ3n) is 6.05. The van der Waals surface area contributed by atoms with Crippen LogP contribution in [0.1, 0.15) is 51.1 Å². The molecule has 1 aliphatic heterocycles. The standard InChI is InChI=1S/C20H25F2N3O3/c1-12-6-8-20(9-7-12)18(27)25(19(28)23-20)11-17(26)24(3)13(2)15-10-14(21)4-5-16(15)22/h4-5,10,12-13H,6-9,11H2,1-3H3,(H,23,28). The molecule has 1 atom stereocenters. The van der Waals surface area contributed by atoms with Gasteiger partial charge in [-0.25, -0.2) is 13.6 Å². The van der Waals surface area contributed by atoms with Crippen LogP contribution in [0, 0.1) is 17.6 Å². The molecule has 3 rings (SSSR count). The number of nitrogens with zero attached hydrogens (tertiary/aromatic N) is 2. The first-order valence-electron chi connectivity index (χ1n) is 9.49. The summed E-state index contributed by atoms with van der Waals surface area (Å²) in [6.07, 6.45) is 2.79. The fourth-order valence-electron chi connectivity index (χ4n) is 3.92. The Labute approximate surface area is 162 Å². The van der Waals surface area contributed by atoms with E-state index in [0.717, 1.165) is 35.9 Å². The van der Waals surface area contributed by atoms with Gasteiger partial charge in [-0.15, -0.1) is 0 Å². The van der Waals surface area contributed by atoms with Crippen molar-refractivity contribution in [2.24, 2.45) is 5.92 Å². The molecule has 1 saturated carbocycles. The lowest BCUT2D eigenvalue weighted by Crippen LogP contribution is -2.50. The lowest BCUT2D eigenvalue weighted by Gasteiger charge is -2.33. The molecule has 1 spiro atoms. The number of carbonyl (C=O) groups excluding carboxylic acids is 3. The molecule has 4 amide bonds. The number of nitrogens with one attached hydrogen (secondary N) is 1. The average Bonchev–Trinajstić information content (AvgIpc) is 2.89. The highest BCUT2D eigenvalue weighted by atomic mass is 19.1. The number of benzene rings is 1. The van der Waals surface area contributed by atoms with Crippen LogP contribution in [0.5, 0.6) is 0 Å². The van der Waals surface area contributed by atoms with Crippen molar-refractivity contribution in [2.75, 3.05) is 13.6 Å². The summed E-state index contributed by atoms with van der Waals surface area (Å²) in [7, 11) is 1.44. The van der Waals surface area contributed by atoms with Crippen LogP contribution < -0.4 is 5.32 Å². The number of hydrogen-bond donors (Lipinski definition) is 1. The SMILES string of the molecule is CC1CCC2(CC1)NC(=O)N(CC(=O)N(C)C(C)c1cc(F)ccc1F)C2=O. The van der Waals surface area contributed by atoms with Gasteiger partial charge in [0, 0.05) is 12.6 Å². The summed E-state index contributed by atoms with van der Waals surface area (Å²) < 4.78 is 27.5. The largest absolute Gasteiger partial charge is 0.337 e. The monoisotopic (exact) mass is 393 g/mol. The first-order chi connectivity index (χ1) is 13.1. The van der Waals surface area contributed by atoms with Gasteiger partial charge in [-0.1, -0.05) is 6.92 Å². The Morgan fingerprint density at radius 2 is 1.96 bits per heavy atom. The molecule has 152 valence electrons. The van der Waals surface area contributed by atoms with E-state index in [4.69, 9.17) is 0 Å². The zero-order chi connectivity index (χ0) is 20.6. The van der Waals surface area contributed by atoms with Crippen molar-refractivity contribution >= 4 is 17.8 Å². The highest BCUT2D eigenvalue weighted by Gasteiger charge is 2.52. The van der Waals surface area contributed by atoms with Crippen molar-refractivity contribution in [3.8, 4) is 0 Å². The highest BCUT2D eigenvalue weighted by Crippen LogP contribution is 2.36. The topological polar surface area (TPSA) is 69.7 Å². The molecule has 1 aromatic carbocycles. The van der Waals surface area contributed by atoms with Crippen molar-refractivity contribution in [3.63, 3.8) is 0 Å². The number of imide groups is 1. The van der Waals surface area contributed by atoms with Crippen LogP contribution in [-0.2, 0) is 9.59 Å². The summed E-state index contributed by atoms with van der Waals surface area (Å²) in [4.78, 5) is 40.0. The van der Waals surface area contributed by atoms with Gasteiger partial charge in [0.05, 0.1) is 6.04 Å². The van der Waals surface area contributed by atoms with Gasteiger partial charge in [0.2, 0.25) is 5.91 Å². The lowest BCUT2D eigenvalue weighted by molar-refractivity contribution is -0.140. The van der Waals surface area contributed by atoms with Crippen LogP contribution in [0.25, 0.3) is 0 Å². The van der Waals surface area contributed by atoms with E-state index in [1.807, 2.05) is 0 Å². The zero-order valence-corrected chi connectivity index (χ0v) is 16.3. The van der Waals surface area contributed by atoms with Crippen LogP contribution in [-0.4, -0.2) is 46.8 Å². The molecular formula is C20H25F2N3O3. The van der Waals surface area contributed by atoms with E-state index < -0.39 is 41.7 Å². The van der Waals surface area contributed by atoms with Crippen LogP contribution >= 0.6 is 0 Å². The number of likely N-dealkylation sites (N-methyl/N-ethyl adjacent to an activating group) is 1. The predicted molar refractivity (Wildman–Crippen MR) is 98.2 cm³/mol. The van der Waals surface area contributed by atoms with Gasteiger partial charge in [0.15, 0.2) is 0 Å². The second-order valence-corrected chi connectivity index (χ2v) is 7.93. The van der Waals surface area contributed by atoms with Crippen LogP contribution in [0.4, 0.5) is 13.6 Å². The minimum atomic E-state index is -0.914. The molecule has 1 unspecified atom stereocenters. The van der Waals surface area contributed by atoms with Gasteiger partial charge in [0.1, 0.15) is 23.7 Å². The number of rotatable bonds is 4. The van der Waals surface area contributed by atoms with Crippen molar-refractivity contribution in [1.29, 1.82) is 0 Å². The fourth-order valence-corrected chi connectivity index (χ4v) is 3.92. The molecule has 28 heavy (non-hydrogen) atoms. The van der Waals surface area contributed by atoms with Gasteiger partial charge in [0.25, 0.3) is 5.91 Å². The van der Waals surface area contributed by atoms with Gasteiger partial charge in [-0.05, 0) is 56.7 Å². The second-order valence-electron chi connectivity index (χ2n) is 7.93. The van der Waals surface area contributed by atoms with E-state index in [0.29, 0.717) is 18.8 Å². The molecule has 1 saturated heterocycles. The molecular weight excluding hydrogens is 368 g/mol. The summed E-state index contributed by atoms with van der Waals surface area (Å²) >= 11 is 0. The first-order valence-corrected chi connectivity index (χ1v) is 9.49. The molecule has 1 aromatic rings. The molecule has 6 nitrogen and oxygen atoms in total. The highest BCUT2D eigenvalue weighted by molar-refractivity contribution is 6.09. The van der Waals surface area contributed by atoms with Crippen LogP contribution in [0.3, 0.4) is 0 Å². The number of hydrogen-bond acceptors (Lipinski definition) is 3. The van der Waals surface area contributed by atoms with Gasteiger partial charge in [-0.2, -0.15) is 0 Å². The molecule has 0 aromatic heterocycles. The summed E-state index contributed by atoms with van der Waals surface area (Å²) in [5.41, 5.74) is -0.881. The molecule has 2 aliphatic rings. The first kappa shape index (κ1) is 20.2. The van der Waals surface area contributed by atoms with Crippen LogP contribution in [0.15, 0.2) is 18.2 Å². The number of carbonyl (C=O) groups is 3. The molecule has 1 aliphatic carbocycles. The zero-order valence-electron chi connectivity index (χ0n) is 16.3. The Balaban J connectivity index is 1.71. The Morgan fingerprint density at radius 1 is 1.32 bits per heavy atom. The number of urea groups is 1. The van der Waals surface area contributed by atoms with Crippen molar-refractivity contribution in [2.45, 2.75) is 51.1 Å². The van der Waals surface area contributed by atoms with E-state index in [1.54, 1.807) is 6.92 Å². The van der Waals surface area contributed by atoms with E-state index in [2.05, 4.69) is 12.2 Å². The third kappa shape index (κ3) is 3.59. The lowest BCUT2D eigenvalue weighted by atomic mass is 9.77. The van der Waals surface area contributed by atoms with E-state index in [9.17, 15) is 23.2 Å². The van der Waals surface area contributed by atoms with Crippen molar-refractivity contribution in [1.82, 2.24) is 15.1 Å². The number of amides is 4. The molecule has 8 heteroatoms. The van der Waals surface area contributed by atoms with Gasteiger partial charge < -0.3 is 10.2 Å². The molecule has 0 radical (unpaired) electrons. The van der Waals surface area contributed by atoms with E-state index >= 15 is 0 Å². The van der Waals surface area contributed by atoms with E-state index in [-0.39, 0.29) is 11.5 Å². The third-order valence-corrected chi connectivity index (χ3v) is 6.05. The van der Waals surface area contributed by atoms with Crippen LogP contribution in [0.2, 0.25) is 0 Å². The fraction of sp³-hybridized carbons (Fsp3) is 0.550. The normalized spacial score (nSPS) is 25.8. The van der Waals surface area contributed by atoms with Crippen molar-refractivity contribution in [3.05, 3.63) is 35.4 Å². The minimum absolute atomic E-state index is 0.0331. The molecule has 2 fully saturated rings. The maximum absolute atomic E-state index is 14.0. The molecule has 0 bridgehead atoms. The Bertz CT molecular complexity index is 806. The quantitative estimate of drug-likeness (QED) is 0.800. The van der Waals surface area contributed by atoms with E-state index in [1.165, 1.54) is 11.9 Å². The second kappa shape index (κ2) is 7.48. The summed E-state index contributed by atoms with van der Waals surface area (Å²) in [5.74, 6) is -1.64. The average molecular weight is 393 g/mol. The number of halogens is 2. The van der Waals surface area contributed by atoms with Gasteiger partial charge in [-0.3, -0.25) is 14.5 Å². The smallest absolute Gasteiger partial charge is 0.325 e. The van der Waals surface area contributed by atoms with Gasteiger partial charge >= 0.3 is 6.03 Å². The summed E-state index contributed by atoms with van der Waals surface area (Å²) in [6.45, 7) is 3.24. The Morgan fingerprint density at radius 3 is 2.61 bits per heavy atom. The van der Waals surface area contributed by atoms with Crippen molar-refractivity contribution < 1.29 is 23.2 Å². The maximum Gasteiger partial charge on any atom is 0.325 e. The predicted octanol–water partition coefficient (Wildman–Crippen LogP) is 2.98. The summed E-state index contributed by atoms with van der Waals surface area (Å²) in [6, 6.07) is 1.71. The Hall–Kier alpha value is -2.51. The summed E-state index contributed by atoms with van der Waals surface area (Å²) in [5, 5.41) is 2.77. The minimum Gasteiger partial charge on any atom is -0.337 e. The Kier molecular flexibility index (Phi) is 5.41. The molecule has 1 heterocycles.